The number of hydrogen-bond donors (Lipinski definition) is 2. The molecule has 1 unspecified atom stereocenters. The van der Waals surface area contributed by atoms with Gasteiger partial charge in [-0.25, -0.2) is 4.98 Å². The second-order valence-electron chi connectivity index (χ2n) is 10.5. The first-order valence-electron chi connectivity index (χ1n) is 13.3. The Hall–Kier alpha value is -2.38. The second kappa shape index (κ2) is 10.7. The predicted molar refractivity (Wildman–Crippen MR) is 145 cm³/mol. The number of nitrogen functional groups attached to an aromatic ring is 1. The highest BCUT2D eigenvalue weighted by Gasteiger charge is 2.28. The van der Waals surface area contributed by atoms with Crippen LogP contribution in [0.1, 0.15) is 72.8 Å². The van der Waals surface area contributed by atoms with Gasteiger partial charge in [-0.3, -0.25) is 4.79 Å². The van der Waals surface area contributed by atoms with Gasteiger partial charge in [0.15, 0.2) is 5.13 Å². The summed E-state index contributed by atoms with van der Waals surface area (Å²) in [6, 6.07) is 9.05. The highest BCUT2D eigenvalue weighted by Crippen LogP contribution is 2.32. The van der Waals surface area contributed by atoms with Gasteiger partial charge in [0, 0.05) is 41.1 Å². The molecule has 2 heterocycles. The molecule has 0 saturated heterocycles. The van der Waals surface area contributed by atoms with Crippen LogP contribution >= 0.6 is 11.3 Å². The minimum absolute atomic E-state index is 0.0692. The number of aryl methyl sites for hydroxylation is 2. The van der Waals surface area contributed by atoms with E-state index >= 15 is 0 Å². The SMILES string of the molecule is CCCN(CCC1CCC(NC(=O)c2cn(C)c3ccccc23)CC1)C1CCc2nc(N)sc2C1. The predicted octanol–water partition coefficient (Wildman–Crippen LogP) is 5.17. The first kappa shape index (κ1) is 24.3. The van der Waals surface area contributed by atoms with E-state index in [4.69, 9.17) is 5.73 Å². The lowest BCUT2D eigenvalue weighted by atomic mass is 9.83. The van der Waals surface area contributed by atoms with E-state index in [9.17, 15) is 4.79 Å². The molecule has 35 heavy (non-hydrogen) atoms. The molecule has 3 N–H and O–H groups in total. The number of rotatable bonds is 8. The van der Waals surface area contributed by atoms with Gasteiger partial charge in [0.2, 0.25) is 0 Å². The van der Waals surface area contributed by atoms with Gasteiger partial charge in [-0.05, 0) is 82.9 Å². The third kappa shape index (κ3) is 5.41. The first-order chi connectivity index (χ1) is 17.0. The first-order valence-corrected chi connectivity index (χ1v) is 14.2. The van der Waals surface area contributed by atoms with Crippen LogP contribution < -0.4 is 11.1 Å². The number of nitrogens with zero attached hydrogens (tertiary/aromatic N) is 3. The zero-order chi connectivity index (χ0) is 24.4. The molecule has 2 aromatic heterocycles. The molecule has 0 aliphatic heterocycles. The fourth-order valence-corrected chi connectivity index (χ4v) is 7.13. The molecule has 0 bridgehead atoms. The standard InChI is InChI=1S/C28H39N5OS/c1-3-15-33(21-12-13-24-26(17-21)35-28(29)31-24)16-14-19-8-10-20(11-9-19)30-27(34)23-18-32(2)25-7-5-4-6-22(23)25/h4-7,18-21H,3,8-17H2,1-2H3,(H2,29,31)(H,30,34). The van der Waals surface area contributed by atoms with E-state index < -0.39 is 0 Å². The average molecular weight is 494 g/mol. The highest BCUT2D eigenvalue weighted by molar-refractivity contribution is 7.15. The van der Waals surface area contributed by atoms with Gasteiger partial charge in [-0.15, -0.1) is 11.3 Å². The van der Waals surface area contributed by atoms with Gasteiger partial charge in [0.05, 0.1) is 11.3 Å². The molecular formula is C28H39N5OS. The molecule has 2 aliphatic carbocycles. The Morgan fingerprint density at radius 2 is 2.00 bits per heavy atom. The molecule has 1 saturated carbocycles. The van der Waals surface area contributed by atoms with Crippen molar-refractivity contribution in [3.63, 3.8) is 0 Å². The van der Waals surface area contributed by atoms with E-state index in [2.05, 4.69) is 28.2 Å². The van der Waals surface area contributed by atoms with Crippen LogP contribution in [0.3, 0.4) is 0 Å². The number of amides is 1. The molecule has 1 amide bonds. The summed E-state index contributed by atoms with van der Waals surface area (Å²) in [5, 5.41) is 5.09. The zero-order valence-electron chi connectivity index (χ0n) is 21.1. The van der Waals surface area contributed by atoms with E-state index in [1.165, 1.54) is 55.8 Å². The van der Waals surface area contributed by atoms with E-state index in [1.807, 2.05) is 36.0 Å². The van der Waals surface area contributed by atoms with Crippen molar-refractivity contribution in [3.05, 3.63) is 46.6 Å². The van der Waals surface area contributed by atoms with Gasteiger partial charge in [0.25, 0.3) is 5.91 Å². The third-order valence-corrected chi connectivity index (χ3v) is 9.05. The summed E-state index contributed by atoms with van der Waals surface area (Å²) < 4.78 is 2.04. The average Bonchev–Trinajstić information content (AvgIpc) is 3.41. The van der Waals surface area contributed by atoms with Gasteiger partial charge in [-0.1, -0.05) is 25.1 Å². The van der Waals surface area contributed by atoms with Crippen LogP contribution in [0, 0.1) is 5.92 Å². The van der Waals surface area contributed by atoms with Crippen LogP contribution in [0.4, 0.5) is 5.13 Å². The van der Waals surface area contributed by atoms with Crippen molar-refractivity contribution in [2.24, 2.45) is 13.0 Å². The fourth-order valence-electron chi connectivity index (χ4n) is 6.18. The van der Waals surface area contributed by atoms with Crippen LogP contribution in [-0.4, -0.2) is 45.5 Å². The summed E-state index contributed by atoms with van der Waals surface area (Å²) in [5.74, 6) is 0.831. The number of thiazole rings is 1. The van der Waals surface area contributed by atoms with E-state index in [0.29, 0.717) is 6.04 Å². The largest absolute Gasteiger partial charge is 0.375 e. The fraction of sp³-hybridized carbons (Fsp3) is 0.571. The normalized spacial score (nSPS) is 22.4. The Morgan fingerprint density at radius 3 is 2.80 bits per heavy atom. The molecular weight excluding hydrogens is 454 g/mol. The molecule has 0 radical (unpaired) electrons. The third-order valence-electron chi connectivity index (χ3n) is 8.11. The monoisotopic (exact) mass is 493 g/mol. The number of para-hydroxylation sites is 1. The van der Waals surface area contributed by atoms with Crippen molar-refractivity contribution in [3.8, 4) is 0 Å². The van der Waals surface area contributed by atoms with Gasteiger partial charge < -0.3 is 20.5 Å². The molecule has 1 atom stereocenters. The van der Waals surface area contributed by atoms with Gasteiger partial charge in [0.1, 0.15) is 0 Å². The number of aromatic nitrogens is 2. The minimum Gasteiger partial charge on any atom is -0.375 e. The molecule has 2 aliphatic rings. The number of carbonyl (C=O) groups excluding carboxylic acids is 1. The Balaban J connectivity index is 1.11. The second-order valence-corrected chi connectivity index (χ2v) is 11.6. The molecule has 188 valence electrons. The highest BCUT2D eigenvalue weighted by atomic mass is 32.1. The lowest BCUT2D eigenvalue weighted by Gasteiger charge is -2.36. The summed E-state index contributed by atoms with van der Waals surface area (Å²) in [6.45, 7) is 4.64. The molecule has 1 fully saturated rings. The summed E-state index contributed by atoms with van der Waals surface area (Å²) in [7, 11) is 2.01. The van der Waals surface area contributed by atoms with Crippen molar-refractivity contribution in [2.45, 2.75) is 76.8 Å². The quantitative estimate of drug-likeness (QED) is 0.454. The lowest BCUT2D eigenvalue weighted by Crippen LogP contribution is -2.41. The lowest BCUT2D eigenvalue weighted by molar-refractivity contribution is 0.0919. The smallest absolute Gasteiger partial charge is 0.253 e. The molecule has 6 nitrogen and oxygen atoms in total. The molecule has 7 heteroatoms. The Labute approximate surface area is 212 Å². The van der Waals surface area contributed by atoms with Gasteiger partial charge >= 0.3 is 0 Å². The molecule has 3 aromatic rings. The zero-order valence-corrected chi connectivity index (χ0v) is 21.9. The number of anilines is 1. The van der Waals surface area contributed by atoms with Crippen molar-refractivity contribution < 1.29 is 4.79 Å². The van der Waals surface area contributed by atoms with E-state index in [1.54, 1.807) is 11.3 Å². The van der Waals surface area contributed by atoms with Crippen molar-refractivity contribution in [1.29, 1.82) is 0 Å². The van der Waals surface area contributed by atoms with Crippen molar-refractivity contribution in [2.75, 3.05) is 18.8 Å². The summed E-state index contributed by atoms with van der Waals surface area (Å²) in [5.41, 5.74) is 9.09. The van der Waals surface area contributed by atoms with Crippen LogP contribution in [0.2, 0.25) is 0 Å². The minimum atomic E-state index is 0.0692. The molecule has 0 spiro atoms. The molecule has 5 rings (SSSR count). The van der Waals surface area contributed by atoms with Crippen LogP contribution in [0.5, 0.6) is 0 Å². The van der Waals surface area contributed by atoms with Crippen LogP contribution in [-0.2, 0) is 19.9 Å². The van der Waals surface area contributed by atoms with Crippen LogP contribution in [0.25, 0.3) is 10.9 Å². The Morgan fingerprint density at radius 1 is 1.20 bits per heavy atom. The Kier molecular flexibility index (Phi) is 7.44. The number of nitrogens with one attached hydrogen (secondary N) is 1. The maximum atomic E-state index is 13.0. The number of benzene rings is 1. The Bertz CT molecular complexity index is 1160. The number of carbonyl (C=O) groups is 1. The summed E-state index contributed by atoms with van der Waals surface area (Å²) >= 11 is 1.68. The van der Waals surface area contributed by atoms with Crippen LogP contribution in [0.15, 0.2) is 30.5 Å². The topological polar surface area (TPSA) is 76.2 Å². The molecule has 1 aromatic carbocycles. The number of nitrogens with two attached hydrogens (primary N) is 1. The van der Waals surface area contributed by atoms with E-state index in [0.717, 1.165) is 53.2 Å². The number of fused-ring (bicyclic) bond motifs is 2. The van der Waals surface area contributed by atoms with Crippen molar-refractivity contribution in [1.82, 2.24) is 19.8 Å². The van der Waals surface area contributed by atoms with Crippen molar-refractivity contribution >= 4 is 33.3 Å². The van der Waals surface area contributed by atoms with Gasteiger partial charge in [-0.2, -0.15) is 0 Å². The maximum absolute atomic E-state index is 13.0. The number of hydrogen-bond acceptors (Lipinski definition) is 5. The maximum Gasteiger partial charge on any atom is 0.253 e. The summed E-state index contributed by atoms with van der Waals surface area (Å²) in [6.07, 6.45) is 12.4. The summed E-state index contributed by atoms with van der Waals surface area (Å²) in [4.78, 5) is 21.7. The van der Waals surface area contributed by atoms with E-state index in [-0.39, 0.29) is 11.9 Å².